The summed E-state index contributed by atoms with van der Waals surface area (Å²) in [5.41, 5.74) is 3.55. The van der Waals surface area contributed by atoms with E-state index in [1.54, 1.807) is 16.1 Å². The summed E-state index contributed by atoms with van der Waals surface area (Å²) in [4.78, 5) is 2.71. The maximum absolute atomic E-state index is 13.3. The van der Waals surface area contributed by atoms with Gasteiger partial charge in [0.15, 0.2) is 0 Å². The highest BCUT2D eigenvalue weighted by Crippen LogP contribution is 2.49. The van der Waals surface area contributed by atoms with Gasteiger partial charge in [0.1, 0.15) is 5.75 Å². The molecule has 2 aliphatic heterocycles. The minimum atomic E-state index is -3.58. The SMILES string of the molecule is CCOc1ccc2c(c1)c([C@H]1CCN(C)C1)c1n2S(=O)(=O)c2ccccc2-1. The topological polar surface area (TPSA) is 51.5 Å². The highest BCUT2D eigenvalue weighted by molar-refractivity contribution is 7.90. The van der Waals surface area contributed by atoms with Crippen molar-refractivity contribution in [2.45, 2.75) is 24.2 Å². The Balaban J connectivity index is 1.88. The van der Waals surface area contributed by atoms with Crippen LogP contribution in [0.4, 0.5) is 0 Å². The third-order valence-corrected chi connectivity index (χ3v) is 7.48. The van der Waals surface area contributed by atoms with Crippen LogP contribution in [0.5, 0.6) is 5.75 Å². The largest absolute Gasteiger partial charge is 0.494 e. The van der Waals surface area contributed by atoms with Crippen molar-refractivity contribution in [3.63, 3.8) is 0 Å². The number of ether oxygens (including phenoxy) is 1. The molecule has 0 amide bonds. The number of benzene rings is 2. The molecule has 1 fully saturated rings. The van der Waals surface area contributed by atoms with E-state index >= 15 is 0 Å². The van der Waals surface area contributed by atoms with Crippen LogP contribution < -0.4 is 4.74 Å². The molecule has 0 bridgehead atoms. The molecule has 0 unspecified atom stereocenters. The van der Waals surface area contributed by atoms with Crippen LogP contribution in [-0.2, 0) is 10.0 Å². The zero-order valence-electron chi connectivity index (χ0n) is 15.5. The molecular formula is C21H22N2O3S. The summed E-state index contributed by atoms with van der Waals surface area (Å²) in [5, 5.41) is 0.995. The van der Waals surface area contributed by atoms with Crippen LogP contribution >= 0.6 is 0 Å². The molecule has 1 atom stereocenters. The van der Waals surface area contributed by atoms with E-state index in [0.29, 0.717) is 17.4 Å². The van der Waals surface area contributed by atoms with Crippen molar-refractivity contribution in [1.82, 2.24) is 8.87 Å². The number of rotatable bonds is 3. The lowest BCUT2D eigenvalue weighted by atomic mass is 9.92. The summed E-state index contributed by atoms with van der Waals surface area (Å²) >= 11 is 0. The Labute approximate surface area is 159 Å². The Kier molecular flexibility index (Phi) is 3.64. The molecule has 5 nitrogen and oxygen atoms in total. The van der Waals surface area contributed by atoms with Gasteiger partial charge in [0.25, 0.3) is 10.0 Å². The van der Waals surface area contributed by atoms with Crippen LogP contribution in [0.25, 0.3) is 22.2 Å². The Morgan fingerprint density at radius 1 is 1.19 bits per heavy atom. The summed E-state index contributed by atoms with van der Waals surface area (Å²) in [7, 11) is -1.46. The molecule has 2 aromatic carbocycles. The van der Waals surface area contributed by atoms with Crippen LogP contribution in [0.1, 0.15) is 24.8 Å². The van der Waals surface area contributed by atoms with Gasteiger partial charge in [-0.1, -0.05) is 18.2 Å². The fraction of sp³-hybridized carbons (Fsp3) is 0.333. The van der Waals surface area contributed by atoms with Crippen LogP contribution in [0.15, 0.2) is 47.4 Å². The molecular weight excluding hydrogens is 360 g/mol. The highest BCUT2D eigenvalue weighted by atomic mass is 32.2. The van der Waals surface area contributed by atoms with Crippen LogP contribution in [0, 0.1) is 0 Å². The smallest absolute Gasteiger partial charge is 0.269 e. The van der Waals surface area contributed by atoms with Gasteiger partial charge in [0, 0.05) is 23.4 Å². The van der Waals surface area contributed by atoms with Crippen molar-refractivity contribution in [2.75, 3.05) is 26.7 Å². The first-order chi connectivity index (χ1) is 13.0. The quantitative estimate of drug-likeness (QED) is 0.542. The number of nitrogens with zero attached hydrogens (tertiary/aromatic N) is 2. The van der Waals surface area contributed by atoms with Crippen LogP contribution in [0.2, 0.25) is 0 Å². The predicted octanol–water partition coefficient (Wildman–Crippen LogP) is 3.68. The number of hydrogen-bond acceptors (Lipinski definition) is 4. The zero-order chi connectivity index (χ0) is 18.8. The first-order valence-electron chi connectivity index (χ1n) is 9.37. The van der Waals surface area contributed by atoms with Crippen molar-refractivity contribution >= 4 is 20.9 Å². The van der Waals surface area contributed by atoms with E-state index in [4.69, 9.17) is 4.74 Å². The predicted molar refractivity (Wildman–Crippen MR) is 106 cm³/mol. The Hall–Kier alpha value is -2.31. The fourth-order valence-electron chi connectivity index (χ4n) is 4.60. The molecule has 0 radical (unpaired) electrons. The summed E-state index contributed by atoms with van der Waals surface area (Å²) in [6, 6.07) is 13.1. The first-order valence-corrected chi connectivity index (χ1v) is 10.8. The second kappa shape index (κ2) is 5.84. The van der Waals surface area contributed by atoms with E-state index in [1.807, 2.05) is 37.3 Å². The Morgan fingerprint density at radius 3 is 2.74 bits per heavy atom. The van der Waals surface area contributed by atoms with Gasteiger partial charge >= 0.3 is 0 Å². The maximum atomic E-state index is 13.3. The second-order valence-corrected chi connectivity index (χ2v) is 9.14. The van der Waals surface area contributed by atoms with E-state index < -0.39 is 10.0 Å². The third kappa shape index (κ3) is 2.29. The van der Waals surface area contributed by atoms with Crippen LogP contribution in [-0.4, -0.2) is 44.0 Å². The number of fused-ring (bicyclic) bond motifs is 5. The van der Waals surface area contributed by atoms with Gasteiger partial charge in [-0.25, -0.2) is 12.4 Å². The molecule has 3 aromatic rings. The number of likely N-dealkylation sites (N-methyl/N-ethyl adjacent to an activating group) is 1. The van der Waals surface area contributed by atoms with Gasteiger partial charge in [0.2, 0.25) is 0 Å². The third-order valence-electron chi connectivity index (χ3n) is 5.71. The number of aromatic nitrogens is 1. The average Bonchev–Trinajstić information content (AvgIpc) is 3.28. The molecule has 0 N–H and O–H groups in total. The summed E-state index contributed by atoms with van der Waals surface area (Å²) < 4.78 is 33.9. The molecule has 1 saturated heterocycles. The molecule has 1 aromatic heterocycles. The lowest BCUT2D eigenvalue weighted by Gasteiger charge is -2.13. The zero-order valence-corrected chi connectivity index (χ0v) is 16.3. The van der Waals surface area contributed by atoms with Gasteiger partial charge < -0.3 is 9.64 Å². The van der Waals surface area contributed by atoms with Gasteiger partial charge in [-0.2, -0.15) is 0 Å². The van der Waals surface area contributed by atoms with E-state index in [1.165, 1.54) is 0 Å². The van der Waals surface area contributed by atoms with Gasteiger partial charge in [-0.15, -0.1) is 0 Å². The Bertz CT molecular complexity index is 1160. The summed E-state index contributed by atoms with van der Waals surface area (Å²) in [6.45, 7) is 4.50. The van der Waals surface area contributed by atoms with E-state index in [-0.39, 0.29) is 0 Å². The normalized spacial score (nSPS) is 20.7. The summed E-state index contributed by atoms with van der Waals surface area (Å²) in [5.74, 6) is 1.10. The van der Waals surface area contributed by atoms with Gasteiger partial charge in [0.05, 0.1) is 22.7 Å². The molecule has 3 heterocycles. The first kappa shape index (κ1) is 16.8. The van der Waals surface area contributed by atoms with E-state index in [0.717, 1.165) is 53.0 Å². The van der Waals surface area contributed by atoms with Gasteiger partial charge in [-0.3, -0.25) is 0 Å². The van der Waals surface area contributed by atoms with Gasteiger partial charge in [-0.05, 0) is 56.8 Å². The molecule has 0 saturated carbocycles. The lowest BCUT2D eigenvalue weighted by Crippen LogP contribution is -2.13. The fourth-order valence-corrected chi connectivity index (χ4v) is 6.34. The second-order valence-electron chi connectivity index (χ2n) is 7.39. The average molecular weight is 382 g/mol. The number of likely N-dealkylation sites (tertiary alicyclic amines) is 1. The molecule has 2 aliphatic rings. The monoisotopic (exact) mass is 382 g/mol. The summed E-state index contributed by atoms with van der Waals surface area (Å²) in [6.07, 6.45) is 1.03. The molecule has 6 heteroatoms. The molecule has 0 spiro atoms. The molecule has 140 valence electrons. The van der Waals surface area contributed by atoms with Crippen molar-refractivity contribution in [3.8, 4) is 17.0 Å². The molecule has 5 rings (SSSR count). The van der Waals surface area contributed by atoms with Crippen molar-refractivity contribution in [2.24, 2.45) is 0 Å². The number of hydrogen-bond donors (Lipinski definition) is 0. The minimum Gasteiger partial charge on any atom is -0.494 e. The molecule has 27 heavy (non-hydrogen) atoms. The van der Waals surface area contributed by atoms with E-state index in [2.05, 4.69) is 11.9 Å². The van der Waals surface area contributed by atoms with Crippen molar-refractivity contribution in [1.29, 1.82) is 0 Å². The molecule has 0 aliphatic carbocycles. The van der Waals surface area contributed by atoms with Crippen molar-refractivity contribution in [3.05, 3.63) is 48.0 Å². The maximum Gasteiger partial charge on any atom is 0.269 e. The van der Waals surface area contributed by atoms with Crippen LogP contribution in [0.3, 0.4) is 0 Å². The van der Waals surface area contributed by atoms with E-state index in [9.17, 15) is 8.42 Å². The Morgan fingerprint density at radius 2 is 2.00 bits per heavy atom. The standard InChI is InChI=1S/C21H22N2O3S/c1-3-26-15-8-9-18-17(12-15)20(14-10-11-22(2)13-14)21-16-6-4-5-7-19(16)27(24,25)23(18)21/h4-9,12,14H,3,10-11,13H2,1-2H3/t14-/m0/s1. The highest BCUT2D eigenvalue weighted by Gasteiger charge is 2.39. The minimum absolute atomic E-state index is 0.312. The van der Waals surface area contributed by atoms with Crippen molar-refractivity contribution < 1.29 is 13.2 Å². The lowest BCUT2D eigenvalue weighted by molar-refractivity contribution is 0.340.